The van der Waals surface area contributed by atoms with Gasteiger partial charge in [-0.05, 0) is 33.6 Å². The molecule has 0 aliphatic heterocycles. The second-order valence-corrected chi connectivity index (χ2v) is 9.20. The number of nitrogens with one attached hydrogen (secondary N) is 2. The molecule has 6 heteroatoms. The van der Waals surface area contributed by atoms with Crippen LogP contribution in [-0.2, 0) is 19.1 Å². The molecule has 0 aromatic rings. The molecule has 0 fully saturated rings. The minimum Gasteiger partial charge on any atom is -0.462 e. The average molecular weight is 373 g/mol. The second-order valence-electron chi connectivity index (χ2n) is 9.20. The zero-order valence-corrected chi connectivity index (χ0v) is 18.2. The lowest BCUT2D eigenvalue weighted by molar-refractivity contribution is -0.152. The number of ketones is 1. The third-order valence-corrected chi connectivity index (χ3v) is 4.77. The number of ether oxygens (including phenoxy) is 2. The highest BCUT2D eigenvalue weighted by Gasteiger charge is 2.31. The molecule has 0 saturated carbocycles. The Morgan fingerprint density at radius 2 is 1.46 bits per heavy atom. The van der Waals surface area contributed by atoms with Crippen molar-refractivity contribution in [3.05, 3.63) is 0 Å². The van der Waals surface area contributed by atoms with Gasteiger partial charge in [0.25, 0.3) is 0 Å². The van der Waals surface area contributed by atoms with Crippen LogP contribution in [0.1, 0.15) is 62.3 Å². The van der Waals surface area contributed by atoms with E-state index >= 15 is 0 Å². The van der Waals surface area contributed by atoms with Crippen molar-refractivity contribution in [2.75, 3.05) is 32.9 Å². The Balaban J connectivity index is 3.98. The van der Waals surface area contributed by atoms with E-state index in [4.69, 9.17) is 9.47 Å². The van der Waals surface area contributed by atoms with E-state index < -0.39 is 11.0 Å². The monoisotopic (exact) mass is 372 g/mol. The molecule has 6 nitrogen and oxygen atoms in total. The fraction of sp³-hybridized carbons (Fsp3) is 0.900. The Labute approximate surface area is 159 Å². The van der Waals surface area contributed by atoms with E-state index in [-0.39, 0.29) is 30.4 Å². The first-order chi connectivity index (χ1) is 11.7. The first-order valence-corrected chi connectivity index (χ1v) is 9.48. The van der Waals surface area contributed by atoms with Crippen molar-refractivity contribution in [1.82, 2.24) is 10.6 Å². The van der Waals surface area contributed by atoms with Crippen molar-refractivity contribution < 1.29 is 19.1 Å². The molecule has 0 saturated heterocycles. The van der Waals surface area contributed by atoms with Crippen LogP contribution in [0.5, 0.6) is 0 Å². The lowest BCUT2D eigenvalue weighted by Crippen LogP contribution is -2.51. The van der Waals surface area contributed by atoms with Crippen LogP contribution in [0.15, 0.2) is 0 Å². The Morgan fingerprint density at radius 1 is 0.885 bits per heavy atom. The van der Waals surface area contributed by atoms with Crippen LogP contribution in [0.3, 0.4) is 0 Å². The van der Waals surface area contributed by atoms with Gasteiger partial charge in [-0.2, -0.15) is 0 Å². The summed E-state index contributed by atoms with van der Waals surface area (Å²) in [7, 11) is 0. The van der Waals surface area contributed by atoms with Crippen molar-refractivity contribution >= 4 is 11.8 Å². The van der Waals surface area contributed by atoms with Crippen LogP contribution in [0.25, 0.3) is 0 Å². The lowest BCUT2D eigenvalue weighted by Gasteiger charge is -2.30. The van der Waals surface area contributed by atoms with Crippen LogP contribution in [0, 0.1) is 11.3 Å². The molecule has 0 radical (unpaired) electrons. The van der Waals surface area contributed by atoms with Crippen molar-refractivity contribution in [1.29, 1.82) is 0 Å². The van der Waals surface area contributed by atoms with Crippen LogP contribution in [0.4, 0.5) is 0 Å². The molecule has 0 spiro atoms. The highest BCUT2D eigenvalue weighted by atomic mass is 16.6. The van der Waals surface area contributed by atoms with Crippen molar-refractivity contribution in [2.24, 2.45) is 11.3 Å². The predicted octanol–water partition coefficient (Wildman–Crippen LogP) is 2.55. The molecule has 2 N–H and O–H groups in total. The fourth-order valence-electron chi connectivity index (χ4n) is 1.76. The van der Waals surface area contributed by atoms with Gasteiger partial charge in [0.2, 0.25) is 0 Å². The zero-order chi connectivity index (χ0) is 20.6. The first kappa shape index (κ1) is 25.0. The molecule has 0 aromatic carbocycles. The molecule has 0 unspecified atom stereocenters. The topological polar surface area (TPSA) is 76.7 Å². The largest absolute Gasteiger partial charge is 0.462 e. The summed E-state index contributed by atoms with van der Waals surface area (Å²) in [6.45, 7) is 19.7. The van der Waals surface area contributed by atoms with Gasteiger partial charge in [0, 0.05) is 17.5 Å². The number of Topliss-reactive ketones (excluding diaryl/α,β-unsaturated/α-hetero) is 1. The molecule has 0 bridgehead atoms. The maximum Gasteiger partial charge on any atom is 0.325 e. The number of carbonyl (C=O) groups excluding carboxylic acids is 2. The van der Waals surface area contributed by atoms with Crippen LogP contribution >= 0.6 is 0 Å². The van der Waals surface area contributed by atoms with Crippen molar-refractivity contribution in [3.8, 4) is 0 Å². The molecule has 0 aliphatic rings. The molecular formula is C20H40N2O4. The number of esters is 1. The van der Waals surface area contributed by atoms with Crippen molar-refractivity contribution in [2.45, 2.75) is 73.4 Å². The van der Waals surface area contributed by atoms with Crippen LogP contribution in [0.2, 0.25) is 0 Å². The van der Waals surface area contributed by atoms with E-state index in [0.717, 1.165) is 6.54 Å². The zero-order valence-electron chi connectivity index (χ0n) is 18.2. The van der Waals surface area contributed by atoms with Gasteiger partial charge in [-0.1, -0.05) is 34.6 Å². The maximum absolute atomic E-state index is 12.2. The molecule has 154 valence electrons. The SMILES string of the molecule is CC(C)C(C)(C)NCCOCCOC(=O)C(C)(C)NCC(=O)C(C)(C)C. The van der Waals surface area contributed by atoms with E-state index in [2.05, 4.69) is 38.3 Å². The van der Waals surface area contributed by atoms with E-state index in [1.165, 1.54) is 0 Å². The quantitative estimate of drug-likeness (QED) is 0.405. The summed E-state index contributed by atoms with van der Waals surface area (Å²) in [5.74, 6) is 0.198. The minimum absolute atomic E-state index is 0.0542. The Kier molecular flexibility index (Phi) is 9.99. The normalized spacial score (nSPS) is 13.2. The van der Waals surface area contributed by atoms with Gasteiger partial charge in [0.15, 0.2) is 5.78 Å². The summed E-state index contributed by atoms with van der Waals surface area (Å²) in [5.41, 5.74) is -1.28. The van der Waals surface area contributed by atoms with Gasteiger partial charge in [0.1, 0.15) is 12.1 Å². The molecule has 26 heavy (non-hydrogen) atoms. The number of hydrogen-bond donors (Lipinski definition) is 2. The summed E-state index contributed by atoms with van der Waals surface area (Å²) >= 11 is 0. The van der Waals surface area contributed by atoms with Crippen LogP contribution < -0.4 is 10.6 Å². The summed E-state index contributed by atoms with van der Waals surface area (Å²) in [6, 6.07) is 0. The summed E-state index contributed by atoms with van der Waals surface area (Å²) in [5, 5.41) is 6.43. The molecule has 0 aromatic heterocycles. The molecule has 0 rings (SSSR count). The smallest absolute Gasteiger partial charge is 0.325 e. The maximum atomic E-state index is 12.2. The highest BCUT2D eigenvalue weighted by molar-refractivity contribution is 5.87. The number of rotatable bonds is 12. The van der Waals surface area contributed by atoms with Gasteiger partial charge in [-0.3, -0.25) is 14.9 Å². The Bertz CT molecular complexity index is 451. The highest BCUT2D eigenvalue weighted by Crippen LogP contribution is 2.15. The van der Waals surface area contributed by atoms with Crippen LogP contribution in [-0.4, -0.2) is 55.7 Å². The summed E-state index contributed by atoms with van der Waals surface area (Å²) in [6.07, 6.45) is 0. The van der Waals surface area contributed by atoms with E-state index in [9.17, 15) is 9.59 Å². The average Bonchev–Trinajstić information content (AvgIpc) is 2.50. The van der Waals surface area contributed by atoms with Gasteiger partial charge >= 0.3 is 5.97 Å². The molecule has 0 atom stereocenters. The van der Waals surface area contributed by atoms with Gasteiger partial charge in [-0.25, -0.2) is 0 Å². The van der Waals surface area contributed by atoms with Gasteiger partial charge in [-0.15, -0.1) is 0 Å². The number of carbonyl (C=O) groups is 2. The standard InChI is InChI=1S/C20H40N2O4/c1-15(2)19(6,7)21-10-11-25-12-13-26-17(24)20(8,9)22-14-16(23)18(3,4)5/h15,21-22H,10-14H2,1-9H3. The van der Waals surface area contributed by atoms with E-state index in [1.807, 2.05) is 20.8 Å². The molecule has 0 heterocycles. The lowest BCUT2D eigenvalue weighted by atomic mass is 9.90. The fourth-order valence-corrected chi connectivity index (χ4v) is 1.76. The van der Waals surface area contributed by atoms with E-state index in [1.54, 1.807) is 13.8 Å². The van der Waals surface area contributed by atoms with Gasteiger partial charge in [0.05, 0.1) is 19.8 Å². The summed E-state index contributed by atoms with van der Waals surface area (Å²) in [4.78, 5) is 24.1. The molecule has 0 amide bonds. The second kappa shape index (κ2) is 10.4. The number of hydrogen-bond acceptors (Lipinski definition) is 6. The molecule has 0 aliphatic carbocycles. The third kappa shape index (κ3) is 9.64. The third-order valence-electron chi connectivity index (χ3n) is 4.77. The Morgan fingerprint density at radius 3 is 1.96 bits per heavy atom. The van der Waals surface area contributed by atoms with Gasteiger partial charge < -0.3 is 14.8 Å². The van der Waals surface area contributed by atoms with Crippen molar-refractivity contribution in [3.63, 3.8) is 0 Å². The van der Waals surface area contributed by atoms with E-state index in [0.29, 0.717) is 19.1 Å². The predicted molar refractivity (Wildman–Crippen MR) is 105 cm³/mol. The summed E-state index contributed by atoms with van der Waals surface area (Å²) < 4.78 is 10.8. The molecular weight excluding hydrogens is 332 g/mol. The first-order valence-electron chi connectivity index (χ1n) is 9.48. The minimum atomic E-state index is -0.913. The Hall–Kier alpha value is -0.980.